The highest BCUT2D eigenvalue weighted by Crippen LogP contribution is 2.36. The van der Waals surface area contributed by atoms with E-state index in [1.807, 2.05) is 6.07 Å². The second-order valence-corrected chi connectivity index (χ2v) is 10.4. The number of nitrogens with two attached hydrogens (primary N) is 2. The first-order chi connectivity index (χ1) is 14.3. The molecule has 0 spiro atoms. The van der Waals surface area contributed by atoms with Crippen LogP contribution in [0.4, 0.5) is 11.4 Å². The highest BCUT2D eigenvalue weighted by Gasteiger charge is 2.36. The van der Waals surface area contributed by atoms with E-state index in [2.05, 4.69) is 44.7 Å². The van der Waals surface area contributed by atoms with Crippen LogP contribution in [0.3, 0.4) is 0 Å². The van der Waals surface area contributed by atoms with Gasteiger partial charge >= 0.3 is 0 Å². The van der Waals surface area contributed by atoms with Crippen LogP contribution in [-0.4, -0.2) is 18.6 Å². The predicted octanol–water partition coefficient (Wildman–Crippen LogP) is 7.49. The molecule has 2 atom stereocenters. The van der Waals surface area contributed by atoms with Crippen molar-refractivity contribution in [2.45, 2.75) is 110 Å². The monoisotopic (exact) mass is 451 g/mol. The molecule has 180 valence electrons. The standard InChI is InChI=1S/C27H49N3.ClH/c1-5-6-7-8-9-10-11-12-13-14-15-25(27(3,4)29)23-18-19-30(21-23)24-16-17-26(28)22(2)20-24;/h16-17,20,23,25H,5-15,18-19,21,28-29H2,1-4H3;1H. The maximum atomic E-state index is 6.67. The van der Waals surface area contributed by atoms with E-state index in [-0.39, 0.29) is 17.9 Å². The van der Waals surface area contributed by atoms with Crippen molar-refractivity contribution in [1.29, 1.82) is 0 Å². The van der Waals surface area contributed by atoms with Gasteiger partial charge in [-0.05, 0) is 69.2 Å². The molecule has 0 amide bonds. The Bertz CT molecular complexity index is 611. The Morgan fingerprint density at radius 1 is 1.00 bits per heavy atom. The molecular formula is C27H50ClN3. The summed E-state index contributed by atoms with van der Waals surface area (Å²) < 4.78 is 0. The van der Waals surface area contributed by atoms with E-state index in [0.717, 1.165) is 18.8 Å². The molecule has 2 rings (SSSR count). The summed E-state index contributed by atoms with van der Waals surface area (Å²) in [7, 11) is 0. The third kappa shape index (κ3) is 9.61. The fourth-order valence-electron chi connectivity index (χ4n) is 5.27. The molecule has 4 N–H and O–H groups in total. The van der Waals surface area contributed by atoms with Gasteiger partial charge in [0.2, 0.25) is 0 Å². The van der Waals surface area contributed by atoms with Crippen molar-refractivity contribution in [2.24, 2.45) is 17.6 Å². The lowest BCUT2D eigenvalue weighted by atomic mass is 9.75. The Morgan fingerprint density at radius 2 is 1.58 bits per heavy atom. The van der Waals surface area contributed by atoms with Crippen LogP contribution in [0.2, 0.25) is 0 Å². The number of unbranched alkanes of at least 4 members (excludes halogenated alkanes) is 9. The van der Waals surface area contributed by atoms with Crippen LogP contribution in [-0.2, 0) is 0 Å². The Labute approximate surface area is 199 Å². The van der Waals surface area contributed by atoms with Crippen molar-refractivity contribution < 1.29 is 0 Å². The normalized spacial score (nSPS) is 17.6. The van der Waals surface area contributed by atoms with Gasteiger partial charge in [0, 0.05) is 30.0 Å². The van der Waals surface area contributed by atoms with Crippen molar-refractivity contribution >= 4 is 23.8 Å². The SMILES string of the molecule is CCCCCCCCCCCCC(C1CCN(c2ccc(N)c(C)c2)C1)C(C)(C)N.Cl. The van der Waals surface area contributed by atoms with E-state index < -0.39 is 0 Å². The highest BCUT2D eigenvalue weighted by molar-refractivity contribution is 5.85. The first-order valence-electron chi connectivity index (χ1n) is 12.7. The van der Waals surface area contributed by atoms with E-state index in [1.54, 1.807) is 0 Å². The molecule has 1 saturated heterocycles. The topological polar surface area (TPSA) is 55.3 Å². The lowest BCUT2D eigenvalue weighted by Gasteiger charge is -2.35. The summed E-state index contributed by atoms with van der Waals surface area (Å²) >= 11 is 0. The van der Waals surface area contributed by atoms with Crippen LogP contribution in [0, 0.1) is 18.8 Å². The zero-order valence-electron chi connectivity index (χ0n) is 20.8. The van der Waals surface area contributed by atoms with Crippen LogP contribution < -0.4 is 16.4 Å². The molecule has 0 aliphatic carbocycles. The summed E-state index contributed by atoms with van der Waals surface area (Å²) in [5.74, 6) is 1.30. The third-order valence-corrected chi connectivity index (χ3v) is 7.24. The summed E-state index contributed by atoms with van der Waals surface area (Å²) in [6, 6.07) is 6.46. The van der Waals surface area contributed by atoms with Gasteiger partial charge in [0.05, 0.1) is 0 Å². The van der Waals surface area contributed by atoms with Gasteiger partial charge in [0.15, 0.2) is 0 Å². The molecule has 1 heterocycles. The van der Waals surface area contributed by atoms with E-state index >= 15 is 0 Å². The number of halogens is 1. The van der Waals surface area contributed by atoms with Gasteiger partial charge < -0.3 is 16.4 Å². The quantitative estimate of drug-likeness (QED) is 0.227. The minimum atomic E-state index is -0.100. The van der Waals surface area contributed by atoms with Gasteiger partial charge in [0.25, 0.3) is 0 Å². The average molecular weight is 452 g/mol. The van der Waals surface area contributed by atoms with Crippen molar-refractivity contribution in [3.63, 3.8) is 0 Å². The number of benzene rings is 1. The Hall–Kier alpha value is -0.930. The van der Waals surface area contributed by atoms with Gasteiger partial charge in [-0.15, -0.1) is 12.4 Å². The summed E-state index contributed by atoms with van der Waals surface area (Å²) in [5.41, 5.74) is 16.0. The highest BCUT2D eigenvalue weighted by atomic mass is 35.5. The molecule has 1 aromatic carbocycles. The van der Waals surface area contributed by atoms with Crippen molar-refractivity contribution in [3.05, 3.63) is 23.8 Å². The molecule has 0 aromatic heterocycles. The number of aryl methyl sites for hydroxylation is 1. The molecule has 0 radical (unpaired) electrons. The van der Waals surface area contributed by atoms with Crippen molar-refractivity contribution in [2.75, 3.05) is 23.7 Å². The van der Waals surface area contributed by atoms with E-state index in [1.165, 1.54) is 88.3 Å². The molecule has 3 nitrogen and oxygen atoms in total. The molecule has 0 bridgehead atoms. The molecule has 1 aliphatic heterocycles. The van der Waals surface area contributed by atoms with E-state index in [0.29, 0.717) is 11.8 Å². The number of nitrogens with zero attached hydrogens (tertiary/aromatic N) is 1. The van der Waals surface area contributed by atoms with Crippen molar-refractivity contribution in [3.8, 4) is 0 Å². The van der Waals surface area contributed by atoms with Gasteiger partial charge in [-0.2, -0.15) is 0 Å². The third-order valence-electron chi connectivity index (χ3n) is 7.24. The molecule has 1 aromatic rings. The Kier molecular flexibility index (Phi) is 12.9. The number of rotatable bonds is 14. The predicted molar refractivity (Wildman–Crippen MR) is 141 cm³/mol. The molecule has 4 heteroatoms. The second-order valence-electron chi connectivity index (χ2n) is 10.4. The number of hydrogen-bond donors (Lipinski definition) is 2. The number of nitrogen functional groups attached to an aromatic ring is 1. The molecule has 31 heavy (non-hydrogen) atoms. The zero-order chi connectivity index (χ0) is 22.0. The van der Waals surface area contributed by atoms with Crippen LogP contribution in [0.15, 0.2) is 18.2 Å². The number of anilines is 2. The van der Waals surface area contributed by atoms with Crippen LogP contribution in [0.25, 0.3) is 0 Å². The van der Waals surface area contributed by atoms with E-state index in [4.69, 9.17) is 11.5 Å². The molecular weight excluding hydrogens is 402 g/mol. The van der Waals surface area contributed by atoms with Crippen LogP contribution in [0.5, 0.6) is 0 Å². The van der Waals surface area contributed by atoms with Gasteiger partial charge in [-0.3, -0.25) is 0 Å². The lowest BCUT2D eigenvalue weighted by Crippen LogP contribution is -2.45. The van der Waals surface area contributed by atoms with Crippen LogP contribution in [0.1, 0.15) is 103 Å². The first kappa shape index (κ1) is 28.1. The first-order valence-corrected chi connectivity index (χ1v) is 12.7. The average Bonchev–Trinajstić information content (AvgIpc) is 3.17. The summed E-state index contributed by atoms with van der Waals surface area (Å²) in [5, 5.41) is 0. The van der Waals surface area contributed by atoms with E-state index in [9.17, 15) is 0 Å². The molecule has 1 fully saturated rings. The van der Waals surface area contributed by atoms with Gasteiger partial charge in [-0.25, -0.2) is 0 Å². The summed E-state index contributed by atoms with van der Waals surface area (Å²) in [4.78, 5) is 2.54. The Balaban J connectivity index is 0.00000480. The lowest BCUT2D eigenvalue weighted by molar-refractivity contribution is 0.210. The largest absolute Gasteiger partial charge is 0.399 e. The van der Waals surface area contributed by atoms with Gasteiger partial charge in [-0.1, -0.05) is 71.1 Å². The second kappa shape index (κ2) is 14.3. The fourth-order valence-corrected chi connectivity index (χ4v) is 5.27. The summed E-state index contributed by atoms with van der Waals surface area (Å²) in [6.45, 7) is 11.1. The molecule has 1 aliphatic rings. The number of hydrogen-bond acceptors (Lipinski definition) is 3. The fraction of sp³-hybridized carbons (Fsp3) is 0.778. The zero-order valence-corrected chi connectivity index (χ0v) is 21.6. The minimum absolute atomic E-state index is 0. The maximum Gasteiger partial charge on any atom is 0.0370 e. The van der Waals surface area contributed by atoms with Crippen molar-refractivity contribution in [1.82, 2.24) is 0 Å². The minimum Gasteiger partial charge on any atom is -0.399 e. The maximum absolute atomic E-state index is 6.67. The van der Waals surface area contributed by atoms with Crippen LogP contribution >= 0.6 is 12.4 Å². The smallest absolute Gasteiger partial charge is 0.0370 e. The van der Waals surface area contributed by atoms with Gasteiger partial charge in [0.1, 0.15) is 0 Å². The molecule has 0 saturated carbocycles. The molecule has 2 unspecified atom stereocenters. The summed E-state index contributed by atoms with van der Waals surface area (Å²) in [6.07, 6.45) is 16.5. The Morgan fingerprint density at radius 3 is 2.13 bits per heavy atom.